The number of carbonyl (C=O) groups is 2. The van der Waals surface area contributed by atoms with E-state index in [9.17, 15) is 14.7 Å². The van der Waals surface area contributed by atoms with E-state index in [-0.39, 0.29) is 18.9 Å². The van der Waals surface area contributed by atoms with Crippen molar-refractivity contribution in [3.63, 3.8) is 0 Å². The summed E-state index contributed by atoms with van der Waals surface area (Å²) in [6.45, 7) is 1.91. The number of carbonyl (C=O) groups excluding carboxylic acids is 1. The Morgan fingerprint density at radius 2 is 2.11 bits per heavy atom. The third-order valence-corrected chi connectivity index (χ3v) is 4.30. The van der Waals surface area contributed by atoms with E-state index in [4.69, 9.17) is 5.11 Å². The van der Waals surface area contributed by atoms with Crippen LogP contribution in [0.3, 0.4) is 0 Å². The van der Waals surface area contributed by atoms with Crippen molar-refractivity contribution >= 4 is 27.8 Å². The van der Waals surface area contributed by atoms with Gasteiger partial charge in [0.2, 0.25) is 0 Å². The number of likely N-dealkylation sites (tertiary alicyclic amines) is 1. The highest BCUT2D eigenvalue weighted by Crippen LogP contribution is 2.26. The standard InChI is InChI=1S/C13H14BrNO4/c1-7-3-2-4-9(11(7)14)12(17)15-6-8(16)5-10(15)13(18)19/h2-4,8,10,16H,5-6H2,1H3,(H,18,19)/t8-,10-/m0/s1. The molecule has 1 aliphatic rings. The SMILES string of the molecule is Cc1cccc(C(=O)N2C[C@@H](O)C[C@H]2C(=O)O)c1Br. The summed E-state index contributed by atoms with van der Waals surface area (Å²) in [7, 11) is 0. The Hall–Kier alpha value is -1.40. The zero-order valence-electron chi connectivity index (χ0n) is 10.3. The van der Waals surface area contributed by atoms with E-state index in [0.29, 0.717) is 10.0 Å². The predicted molar refractivity (Wildman–Crippen MR) is 72.0 cm³/mol. The number of rotatable bonds is 2. The number of hydrogen-bond donors (Lipinski definition) is 2. The van der Waals surface area contributed by atoms with E-state index < -0.39 is 18.1 Å². The maximum Gasteiger partial charge on any atom is 0.326 e. The van der Waals surface area contributed by atoms with Crippen molar-refractivity contribution in [1.29, 1.82) is 0 Å². The van der Waals surface area contributed by atoms with Gasteiger partial charge >= 0.3 is 5.97 Å². The first-order valence-corrected chi connectivity index (χ1v) is 6.68. The molecule has 0 aliphatic carbocycles. The molecule has 1 heterocycles. The first-order valence-electron chi connectivity index (χ1n) is 5.88. The van der Waals surface area contributed by atoms with Gasteiger partial charge in [-0.3, -0.25) is 4.79 Å². The molecule has 0 radical (unpaired) electrons. The summed E-state index contributed by atoms with van der Waals surface area (Å²) in [5, 5.41) is 18.7. The van der Waals surface area contributed by atoms with Crippen LogP contribution < -0.4 is 0 Å². The Labute approximate surface area is 119 Å². The number of nitrogens with zero attached hydrogens (tertiary/aromatic N) is 1. The third-order valence-electron chi connectivity index (χ3n) is 3.25. The fraction of sp³-hybridized carbons (Fsp3) is 0.385. The molecule has 5 nitrogen and oxygen atoms in total. The third kappa shape index (κ3) is 2.64. The van der Waals surface area contributed by atoms with Crippen molar-refractivity contribution < 1.29 is 19.8 Å². The van der Waals surface area contributed by atoms with Crippen LogP contribution in [0.4, 0.5) is 0 Å². The zero-order chi connectivity index (χ0) is 14.2. The highest BCUT2D eigenvalue weighted by molar-refractivity contribution is 9.10. The number of aryl methyl sites for hydroxylation is 1. The summed E-state index contributed by atoms with van der Waals surface area (Å²) < 4.78 is 0.658. The molecule has 0 bridgehead atoms. The molecule has 0 saturated carbocycles. The van der Waals surface area contributed by atoms with Crippen LogP contribution in [0.2, 0.25) is 0 Å². The molecule has 1 aromatic carbocycles. The van der Waals surface area contributed by atoms with E-state index in [1.54, 1.807) is 12.1 Å². The van der Waals surface area contributed by atoms with Crippen molar-refractivity contribution in [2.75, 3.05) is 6.54 Å². The molecule has 2 rings (SSSR count). The number of aliphatic hydroxyl groups is 1. The molecule has 0 aromatic heterocycles. The number of hydrogen-bond acceptors (Lipinski definition) is 3. The monoisotopic (exact) mass is 327 g/mol. The average molecular weight is 328 g/mol. The van der Waals surface area contributed by atoms with Gasteiger partial charge in [0.25, 0.3) is 5.91 Å². The second-order valence-electron chi connectivity index (χ2n) is 4.64. The zero-order valence-corrected chi connectivity index (χ0v) is 11.9. The molecule has 1 aliphatic heterocycles. The summed E-state index contributed by atoms with van der Waals surface area (Å²) in [4.78, 5) is 24.7. The quantitative estimate of drug-likeness (QED) is 0.861. The van der Waals surface area contributed by atoms with E-state index in [1.165, 1.54) is 4.90 Å². The van der Waals surface area contributed by atoms with Gasteiger partial charge in [-0.25, -0.2) is 4.79 Å². The molecular formula is C13H14BrNO4. The first kappa shape index (κ1) is 14.0. The molecule has 1 amide bonds. The molecule has 1 saturated heterocycles. The topological polar surface area (TPSA) is 77.8 Å². The highest BCUT2D eigenvalue weighted by atomic mass is 79.9. The average Bonchev–Trinajstić information content (AvgIpc) is 2.74. The molecule has 102 valence electrons. The van der Waals surface area contributed by atoms with Gasteiger partial charge in [0, 0.05) is 17.4 Å². The van der Waals surface area contributed by atoms with E-state index in [0.717, 1.165) is 5.56 Å². The fourth-order valence-corrected chi connectivity index (χ4v) is 2.67. The molecule has 2 atom stereocenters. The molecule has 1 aromatic rings. The number of amides is 1. The number of benzene rings is 1. The van der Waals surface area contributed by atoms with Gasteiger partial charge in [0.05, 0.1) is 11.7 Å². The van der Waals surface area contributed by atoms with Crippen LogP contribution in [-0.2, 0) is 4.79 Å². The van der Waals surface area contributed by atoms with Gasteiger partial charge in [-0.05, 0) is 34.5 Å². The number of carboxylic acid groups (broad SMARTS) is 1. The smallest absolute Gasteiger partial charge is 0.326 e. The lowest BCUT2D eigenvalue weighted by Crippen LogP contribution is -2.40. The Kier molecular flexibility index (Phi) is 3.91. The Morgan fingerprint density at radius 3 is 2.74 bits per heavy atom. The Morgan fingerprint density at radius 1 is 1.42 bits per heavy atom. The molecule has 2 N–H and O–H groups in total. The number of β-amino-alcohol motifs (C(OH)–C–C–N with tert-alkyl or cyclic N) is 1. The van der Waals surface area contributed by atoms with E-state index >= 15 is 0 Å². The molecule has 0 spiro atoms. The van der Waals surface area contributed by atoms with Crippen LogP contribution in [-0.4, -0.2) is 45.7 Å². The molecule has 19 heavy (non-hydrogen) atoms. The van der Waals surface area contributed by atoms with E-state index in [1.807, 2.05) is 13.0 Å². The fourth-order valence-electron chi connectivity index (χ4n) is 2.24. The van der Waals surface area contributed by atoms with Crippen molar-refractivity contribution in [2.24, 2.45) is 0 Å². The highest BCUT2D eigenvalue weighted by Gasteiger charge is 2.39. The second-order valence-corrected chi connectivity index (χ2v) is 5.43. The minimum absolute atomic E-state index is 0.0518. The summed E-state index contributed by atoms with van der Waals surface area (Å²) in [5.41, 5.74) is 1.32. The maximum atomic E-state index is 12.4. The lowest BCUT2D eigenvalue weighted by Gasteiger charge is -2.22. The van der Waals surface area contributed by atoms with Crippen molar-refractivity contribution in [2.45, 2.75) is 25.5 Å². The predicted octanol–water partition coefficient (Wildman–Crippen LogP) is 1.42. The number of aliphatic carboxylic acids is 1. The molecular weight excluding hydrogens is 314 g/mol. The molecule has 0 unspecified atom stereocenters. The van der Waals surface area contributed by atoms with Crippen LogP contribution in [0.15, 0.2) is 22.7 Å². The maximum absolute atomic E-state index is 12.4. The summed E-state index contributed by atoms with van der Waals surface area (Å²) in [5.74, 6) is -1.46. The first-order chi connectivity index (χ1) is 8.91. The van der Waals surface area contributed by atoms with Crippen molar-refractivity contribution in [3.8, 4) is 0 Å². The largest absolute Gasteiger partial charge is 0.480 e. The summed E-state index contributed by atoms with van der Waals surface area (Å²) in [6.07, 6.45) is -0.710. The van der Waals surface area contributed by atoms with Gasteiger partial charge < -0.3 is 15.1 Å². The number of carboxylic acids is 1. The lowest BCUT2D eigenvalue weighted by molar-refractivity contribution is -0.141. The lowest BCUT2D eigenvalue weighted by atomic mass is 10.1. The second kappa shape index (κ2) is 5.30. The minimum Gasteiger partial charge on any atom is -0.480 e. The van der Waals surface area contributed by atoms with Gasteiger partial charge in [-0.2, -0.15) is 0 Å². The van der Waals surface area contributed by atoms with Crippen LogP contribution in [0.5, 0.6) is 0 Å². The van der Waals surface area contributed by atoms with Crippen LogP contribution in [0, 0.1) is 6.92 Å². The van der Waals surface area contributed by atoms with Crippen molar-refractivity contribution in [1.82, 2.24) is 4.90 Å². The normalized spacial score (nSPS) is 22.6. The van der Waals surface area contributed by atoms with Crippen LogP contribution in [0.25, 0.3) is 0 Å². The Bertz CT molecular complexity index is 531. The number of halogens is 1. The number of aliphatic hydroxyl groups excluding tert-OH is 1. The van der Waals surface area contributed by atoms with E-state index in [2.05, 4.69) is 15.9 Å². The molecule has 1 fully saturated rings. The summed E-state index contributed by atoms with van der Waals surface area (Å²) >= 11 is 3.34. The van der Waals surface area contributed by atoms with Crippen LogP contribution in [0.1, 0.15) is 22.3 Å². The molecule has 6 heteroatoms. The van der Waals surface area contributed by atoms with Gasteiger partial charge in [-0.1, -0.05) is 12.1 Å². The summed E-state index contributed by atoms with van der Waals surface area (Å²) in [6, 6.07) is 4.28. The minimum atomic E-state index is -1.09. The Balaban J connectivity index is 2.33. The van der Waals surface area contributed by atoms with Gasteiger partial charge in [0.1, 0.15) is 6.04 Å². The van der Waals surface area contributed by atoms with Crippen molar-refractivity contribution in [3.05, 3.63) is 33.8 Å². The van der Waals surface area contributed by atoms with Crippen LogP contribution >= 0.6 is 15.9 Å². The van der Waals surface area contributed by atoms with Gasteiger partial charge in [0.15, 0.2) is 0 Å². The van der Waals surface area contributed by atoms with Gasteiger partial charge in [-0.15, -0.1) is 0 Å².